The van der Waals surface area contributed by atoms with Gasteiger partial charge in [0.2, 0.25) is 0 Å². The normalized spacial score (nSPS) is 10.4. The molecule has 2 aromatic heterocycles. The lowest BCUT2D eigenvalue weighted by Gasteiger charge is -2.03. The van der Waals surface area contributed by atoms with Crippen LogP contribution in [-0.2, 0) is 6.54 Å². The highest BCUT2D eigenvalue weighted by Gasteiger charge is 2.12. The topological polar surface area (TPSA) is 78.3 Å². The van der Waals surface area contributed by atoms with Crippen molar-refractivity contribution >= 4 is 5.88 Å². The summed E-state index contributed by atoms with van der Waals surface area (Å²) in [6, 6.07) is 6.22. The molecule has 2 aromatic rings. The summed E-state index contributed by atoms with van der Waals surface area (Å²) < 4.78 is 6.43. The molecule has 0 aliphatic rings. The fourth-order valence-electron chi connectivity index (χ4n) is 1.50. The Morgan fingerprint density at radius 2 is 2.18 bits per heavy atom. The molecule has 0 radical (unpaired) electrons. The summed E-state index contributed by atoms with van der Waals surface area (Å²) in [6.07, 6.45) is 1.61. The molecular formula is C11H10N2O4. The van der Waals surface area contributed by atoms with Crippen molar-refractivity contribution in [2.45, 2.75) is 13.5 Å². The van der Waals surface area contributed by atoms with Crippen LogP contribution in [0.15, 0.2) is 39.7 Å². The predicted octanol–water partition coefficient (Wildman–Crippen LogP) is 1.71. The van der Waals surface area contributed by atoms with Gasteiger partial charge in [0, 0.05) is 11.8 Å². The number of furan rings is 1. The standard InChI is InChI=1S/C11H10N2O4/c1-8-3-2-6-12(11(8)14)7-9-4-5-10(17-9)13(15)16/h2-6H,7H2,1H3. The highest BCUT2D eigenvalue weighted by atomic mass is 16.6. The Balaban J connectivity index is 2.28. The second kappa shape index (κ2) is 4.25. The van der Waals surface area contributed by atoms with Gasteiger partial charge in [-0.1, -0.05) is 6.07 Å². The van der Waals surface area contributed by atoms with E-state index in [1.165, 1.54) is 16.7 Å². The Hall–Kier alpha value is -2.37. The molecule has 6 heteroatoms. The van der Waals surface area contributed by atoms with E-state index in [0.717, 1.165) is 0 Å². The number of pyridine rings is 1. The van der Waals surface area contributed by atoms with Gasteiger partial charge in [-0.3, -0.25) is 14.9 Å². The summed E-state index contributed by atoms with van der Waals surface area (Å²) in [6.45, 7) is 1.90. The zero-order valence-corrected chi connectivity index (χ0v) is 9.12. The molecule has 88 valence electrons. The molecule has 0 atom stereocenters. The lowest BCUT2D eigenvalue weighted by molar-refractivity contribution is -0.402. The lowest BCUT2D eigenvalue weighted by Crippen LogP contribution is -2.21. The molecule has 0 saturated carbocycles. The van der Waals surface area contributed by atoms with Crippen LogP contribution < -0.4 is 5.56 Å². The van der Waals surface area contributed by atoms with Gasteiger partial charge in [0.25, 0.3) is 5.56 Å². The third-order valence-electron chi connectivity index (χ3n) is 2.36. The maximum absolute atomic E-state index is 11.7. The minimum atomic E-state index is -0.609. The molecule has 2 heterocycles. The Morgan fingerprint density at radius 1 is 1.41 bits per heavy atom. The summed E-state index contributed by atoms with van der Waals surface area (Å²) in [5.74, 6) is 0.0603. The van der Waals surface area contributed by atoms with Crippen molar-refractivity contribution in [3.05, 3.63) is 62.3 Å². The zero-order valence-electron chi connectivity index (χ0n) is 9.12. The van der Waals surface area contributed by atoms with Crippen molar-refractivity contribution in [2.24, 2.45) is 0 Å². The molecule has 6 nitrogen and oxygen atoms in total. The summed E-state index contributed by atoms with van der Waals surface area (Å²) in [4.78, 5) is 21.5. The first-order chi connectivity index (χ1) is 8.08. The molecule has 0 unspecified atom stereocenters. The Morgan fingerprint density at radius 3 is 2.82 bits per heavy atom. The van der Waals surface area contributed by atoms with Gasteiger partial charge in [-0.25, -0.2) is 0 Å². The quantitative estimate of drug-likeness (QED) is 0.598. The molecule has 0 aliphatic carbocycles. The highest BCUT2D eigenvalue weighted by Crippen LogP contribution is 2.15. The number of rotatable bonds is 3. The van der Waals surface area contributed by atoms with Gasteiger partial charge < -0.3 is 8.98 Å². The maximum Gasteiger partial charge on any atom is 0.433 e. The van der Waals surface area contributed by atoms with E-state index in [9.17, 15) is 14.9 Å². The van der Waals surface area contributed by atoms with Gasteiger partial charge in [0.05, 0.1) is 12.6 Å². The van der Waals surface area contributed by atoms with E-state index in [-0.39, 0.29) is 18.0 Å². The van der Waals surface area contributed by atoms with Crippen LogP contribution in [0.5, 0.6) is 0 Å². The predicted molar refractivity (Wildman–Crippen MR) is 59.9 cm³/mol. The molecule has 2 rings (SSSR count). The van der Waals surface area contributed by atoms with Crippen LogP contribution in [0.25, 0.3) is 0 Å². The van der Waals surface area contributed by atoms with Crippen LogP contribution in [0.2, 0.25) is 0 Å². The van der Waals surface area contributed by atoms with E-state index in [2.05, 4.69) is 0 Å². The molecule has 0 N–H and O–H groups in total. The third kappa shape index (κ3) is 2.25. The van der Waals surface area contributed by atoms with Crippen LogP contribution in [-0.4, -0.2) is 9.49 Å². The number of nitrogens with zero attached hydrogens (tertiary/aromatic N) is 2. The average molecular weight is 234 g/mol. The van der Waals surface area contributed by atoms with Crippen LogP contribution in [0, 0.1) is 17.0 Å². The SMILES string of the molecule is Cc1cccn(Cc2ccc([N+](=O)[O-])o2)c1=O. The second-order valence-electron chi connectivity index (χ2n) is 3.62. The minimum Gasteiger partial charge on any atom is -0.404 e. The Bertz CT molecular complexity index is 612. The van der Waals surface area contributed by atoms with Gasteiger partial charge in [0.15, 0.2) is 0 Å². The fraction of sp³-hybridized carbons (Fsp3) is 0.182. The van der Waals surface area contributed by atoms with Crippen molar-refractivity contribution < 1.29 is 9.34 Å². The van der Waals surface area contributed by atoms with Crippen molar-refractivity contribution in [2.75, 3.05) is 0 Å². The first kappa shape index (κ1) is 11.1. The molecule has 0 amide bonds. The molecule has 0 aromatic carbocycles. The van der Waals surface area contributed by atoms with E-state index in [1.54, 1.807) is 25.3 Å². The minimum absolute atomic E-state index is 0.133. The van der Waals surface area contributed by atoms with Crippen LogP contribution >= 0.6 is 0 Å². The van der Waals surface area contributed by atoms with E-state index < -0.39 is 4.92 Å². The third-order valence-corrected chi connectivity index (χ3v) is 2.36. The fourth-order valence-corrected chi connectivity index (χ4v) is 1.50. The lowest BCUT2D eigenvalue weighted by atomic mass is 10.3. The number of hydrogen-bond acceptors (Lipinski definition) is 4. The highest BCUT2D eigenvalue weighted by molar-refractivity contribution is 5.18. The smallest absolute Gasteiger partial charge is 0.404 e. The first-order valence-electron chi connectivity index (χ1n) is 4.97. The summed E-state index contributed by atoms with van der Waals surface area (Å²) in [7, 11) is 0. The number of hydrogen-bond donors (Lipinski definition) is 0. The molecule has 17 heavy (non-hydrogen) atoms. The average Bonchev–Trinajstić information content (AvgIpc) is 2.73. The van der Waals surface area contributed by atoms with Crippen molar-refractivity contribution in [1.29, 1.82) is 0 Å². The number of nitro groups is 1. The molecule has 0 saturated heterocycles. The Labute approximate surface area is 96.3 Å². The van der Waals surface area contributed by atoms with E-state index in [1.807, 2.05) is 0 Å². The summed E-state index contributed by atoms with van der Waals surface area (Å²) in [5, 5.41) is 10.4. The Kier molecular flexibility index (Phi) is 2.78. The first-order valence-corrected chi connectivity index (χ1v) is 4.97. The zero-order chi connectivity index (χ0) is 12.4. The summed E-state index contributed by atoms with van der Waals surface area (Å²) >= 11 is 0. The van der Waals surface area contributed by atoms with E-state index in [4.69, 9.17) is 4.42 Å². The molecular weight excluding hydrogens is 224 g/mol. The van der Waals surface area contributed by atoms with Gasteiger partial charge in [-0.15, -0.1) is 0 Å². The molecule has 0 aliphatic heterocycles. The molecule has 0 bridgehead atoms. The van der Waals surface area contributed by atoms with Gasteiger partial charge in [0.1, 0.15) is 10.7 Å². The van der Waals surface area contributed by atoms with Crippen LogP contribution in [0.3, 0.4) is 0 Å². The second-order valence-corrected chi connectivity index (χ2v) is 3.62. The van der Waals surface area contributed by atoms with Crippen molar-refractivity contribution in [3.8, 4) is 0 Å². The summed E-state index contributed by atoms with van der Waals surface area (Å²) in [5.41, 5.74) is 0.486. The largest absolute Gasteiger partial charge is 0.433 e. The van der Waals surface area contributed by atoms with Gasteiger partial charge in [-0.05, 0) is 19.1 Å². The van der Waals surface area contributed by atoms with Crippen molar-refractivity contribution in [1.82, 2.24) is 4.57 Å². The molecule has 0 spiro atoms. The van der Waals surface area contributed by atoms with Crippen LogP contribution in [0.4, 0.5) is 5.88 Å². The van der Waals surface area contributed by atoms with Gasteiger partial charge >= 0.3 is 5.88 Å². The van der Waals surface area contributed by atoms with Crippen molar-refractivity contribution in [3.63, 3.8) is 0 Å². The van der Waals surface area contributed by atoms with E-state index in [0.29, 0.717) is 11.3 Å². The number of aromatic nitrogens is 1. The van der Waals surface area contributed by atoms with Gasteiger partial charge in [-0.2, -0.15) is 0 Å². The number of aryl methyl sites for hydroxylation is 1. The molecule has 0 fully saturated rings. The monoisotopic (exact) mass is 234 g/mol. The van der Waals surface area contributed by atoms with E-state index >= 15 is 0 Å². The maximum atomic E-state index is 11.7. The van der Waals surface area contributed by atoms with Crippen LogP contribution in [0.1, 0.15) is 11.3 Å².